The van der Waals surface area contributed by atoms with Crippen LogP contribution >= 0.6 is 0 Å². The number of aromatic nitrogens is 3. The zero-order valence-electron chi connectivity index (χ0n) is 21.7. The Morgan fingerprint density at radius 2 is 1.64 bits per heavy atom. The van der Waals surface area contributed by atoms with E-state index in [4.69, 9.17) is 4.98 Å². The van der Waals surface area contributed by atoms with E-state index in [2.05, 4.69) is 61.0 Å². The standard InChI is InChI=1S/C29H30N8O2/c1-21-7-11-25(12-8-21)31-27-32-28(35-30-20-24-9-13-26(14-10-24)37(38)39)34-29(33-27)36-17-15-23(16-18-36)19-22-5-3-2-4-6-22/h2-14,20,23H,15-19H2,1H3,(H2,31,32,33,34,35). The second kappa shape index (κ2) is 12.1. The zero-order valence-corrected chi connectivity index (χ0v) is 21.7. The van der Waals surface area contributed by atoms with Crippen molar-refractivity contribution in [2.75, 3.05) is 28.7 Å². The molecule has 0 saturated carbocycles. The summed E-state index contributed by atoms with van der Waals surface area (Å²) in [5, 5.41) is 18.4. The molecule has 0 atom stereocenters. The van der Waals surface area contributed by atoms with Crippen molar-refractivity contribution in [3.8, 4) is 0 Å². The smallest absolute Gasteiger partial charge is 0.269 e. The molecular formula is C29H30N8O2. The number of nitro groups is 1. The van der Waals surface area contributed by atoms with Crippen molar-refractivity contribution in [3.63, 3.8) is 0 Å². The second-order valence-corrected chi connectivity index (χ2v) is 9.61. The van der Waals surface area contributed by atoms with Crippen LogP contribution in [0, 0.1) is 23.0 Å². The van der Waals surface area contributed by atoms with Crippen LogP contribution < -0.4 is 15.6 Å². The van der Waals surface area contributed by atoms with Crippen molar-refractivity contribution in [2.45, 2.75) is 26.2 Å². The van der Waals surface area contributed by atoms with Gasteiger partial charge in [-0.15, -0.1) is 0 Å². The van der Waals surface area contributed by atoms with Crippen LogP contribution in [0.5, 0.6) is 0 Å². The van der Waals surface area contributed by atoms with Gasteiger partial charge in [0.15, 0.2) is 0 Å². The fourth-order valence-corrected chi connectivity index (χ4v) is 4.51. The molecule has 0 amide bonds. The van der Waals surface area contributed by atoms with Crippen molar-refractivity contribution in [3.05, 3.63) is 106 Å². The molecule has 0 spiro atoms. The largest absolute Gasteiger partial charge is 0.341 e. The van der Waals surface area contributed by atoms with Gasteiger partial charge in [0.2, 0.25) is 17.8 Å². The number of hydrogen-bond acceptors (Lipinski definition) is 9. The van der Waals surface area contributed by atoms with E-state index in [0.717, 1.165) is 43.6 Å². The number of anilines is 4. The third-order valence-corrected chi connectivity index (χ3v) is 6.68. The molecule has 2 N–H and O–H groups in total. The highest BCUT2D eigenvalue weighted by Gasteiger charge is 2.22. The van der Waals surface area contributed by atoms with E-state index in [0.29, 0.717) is 29.3 Å². The predicted molar refractivity (Wildman–Crippen MR) is 154 cm³/mol. The number of piperidine rings is 1. The number of benzene rings is 3. The minimum atomic E-state index is -0.432. The number of nitro benzene ring substituents is 1. The Balaban J connectivity index is 1.30. The normalized spacial score (nSPS) is 13.9. The molecule has 0 aliphatic carbocycles. The molecule has 1 fully saturated rings. The number of nitrogens with zero attached hydrogens (tertiary/aromatic N) is 6. The average Bonchev–Trinajstić information content (AvgIpc) is 2.95. The Labute approximate surface area is 227 Å². The van der Waals surface area contributed by atoms with Gasteiger partial charge >= 0.3 is 0 Å². The van der Waals surface area contributed by atoms with E-state index in [-0.39, 0.29) is 5.69 Å². The molecule has 39 heavy (non-hydrogen) atoms. The number of nitrogens with one attached hydrogen (secondary N) is 2. The summed E-state index contributed by atoms with van der Waals surface area (Å²) in [5.74, 6) is 1.94. The minimum absolute atomic E-state index is 0.0292. The summed E-state index contributed by atoms with van der Waals surface area (Å²) in [4.78, 5) is 26.5. The molecule has 2 heterocycles. The maximum Gasteiger partial charge on any atom is 0.269 e. The van der Waals surface area contributed by atoms with Crippen LogP contribution in [0.1, 0.15) is 29.5 Å². The van der Waals surface area contributed by atoms with Crippen LogP contribution in [0.4, 0.5) is 29.2 Å². The fourth-order valence-electron chi connectivity index (χ4n) is 4.51. The molecule has 1 aliphatic heterocycles. The Bertz CT molecular complexity index is 1420. The molecule has 1 aliphatic rings. The second-order valence-electron chi connectivity index (χ2n) is 9.61. The summed E-state index contributed by atoms with van der Waals surface area (Å²) < 4.78 is 0. The van der Waals surface area contributed by atoms with E-state index in [9.17, 15) is 10.1 Å². The van der Waals surface area contributed by atoms with Crippen LogP contribution in [0.15, 0.2) is 84.0 Å². The molecule has 10 nitrogen and oxygen atoms in total. The van der Waals surface area contributed by atoms with E-state index < -0.39 is 4.92 Å². The fraction of sp³-hybridized carbons (Fsp3) is 0.241. The highest BCUT2D eigenvalue weighted by Crippen LogP contribution is 2.26. The predicted octanol–water partition coefficient (Wildman–Crippen LogP) is 5.74. The van der Waals surface area contributed by atoms with Gasteiger partial charge in [-0.1, -0.05) is 48.0 Å². The Morgan fingerprint density at radius 1 is 0.949 bits per heavy atom. The molecule has 10 heteroatoms. The summed E-state index contributed by atoms with van der Waals surface area (Å²) >= 11 is 0. The van der Waals surface area contributed by atoms with Gasteiger partial charge in [-0.05, 0) is 67.5 Å². The molecule has 0 bridgehead atoms. The Hall–Kier alpha value is -4.86. The van der Waals surface area contributed by atoms with Crippen molar-refractivity contribution >= 4 is 35.4 Å². The van der Waals surface area contributed by atoms with Gasteiger partial charge in [0.05, 0.1) is 11.1 Å². The van der Waals surface area contributed by atoms with Crippen molar-refractivity contribution in [1.82, 2.24) is 15.0 Å². The molecule has 1 saturated heterocycles. The summed E-state index contributed by atoms with van der Waals surface area (Å²) in [6.45, 7) is 3.76. The van der Waals surface area contributed by atoms with E-state index in [1.165, 1.54) is 17.7 Å². The van der Waals surface area contributed by atoms with Gasteiger partial charge in [0.25, 0.3) is 5.69 Å². The van der Waals surface area contributed by atoms with Crippen LogP contribution in [-0.2, 0) is 6.42 Å². The quantitative estimate of drug-likeness (QED) is 0.162. The van der Waals surface area contributed by atoms with Gasteiger partial charge in [0.1, 0.15) is 0 Å². The van der Waals surface area contributed by atoms with Gasteiger partial charge < -0.3 is 10.2 Å². The SMILES string of the molecule is Cc1ccc(Nc2nc(NN=Cc3ccc([N+](=O)[O-])cc3)nc(N3CCC(Cc4ccccc4)CC3)n2)cc1. The summed E-state index contributed by atoms with van der Waals surface area (Å²) in [5.41, 5.74) is 7.04. The number of hydrogen-bond donors (Lipinski definition) is 2. The van der Waals surface area contributed by atoms with E-state index >= 15 is 0 Å². The lowest BCUT2D eigenvalue weighted by atomic mass is 9.90. The molecule has 3 aromatic carbocycles. The van der Waals surface area contributed by atoms with Crippen LogP contribution in [0.3, 0.4) is 0 Å². The van der Waals surface area contributed by atoms with Crippen molar-refractivity contribution in [1.29, 1.82) is 0 Å². The van der Waals surface area contributed by atoms with Crippen molar-refractivity contribution < 1.29 is 4.92 Å². The van der Waals surface area contributed by atoms with E-state index in [1.54, 1.807) is 18.3 Å². The van der Waals surface area contributed by atoms with Gasteiger partial charge in [-0.25, -0.2) is 5.43 Å². The zero-order chi connectivity index (χ0) is 27.0. The molecule has 1 aromatic heterocycles. The topological polar surface area (TPSA) is 121 Å². The van der Waals surface area contributed by atoms with Crippen LogP contribution in [0.2, 0.25) is 0 Å². The Kier molecular flexibility index (Phi) is 8.01. The first-order chi connectivity index (χ1) is 19.0. The average molecular weight is 523 g/mol. The molecule has 198 valence electrons. The first-order valence-corrected chi connectivity index (χ1v) is 12.9. The lowest BCUT2D eigenvalue weighted by molar-refractivity contribution is -0.384. The van der Waals surface area contributed by atoms with Gasteiger partial charge in [-0.2, -0.15) is 20.1 Å². The summed E-state index contributed by atoms with van der Waals surface area (Å²) in [6, 6.07) is 24.8. The number of hydrazone groups is 1. The number of aryl methyl sites for hydroxylation is 1. The minimum Gasteiger partial charge on any atom is -0.341 e. The third kappa shape index (κ3) is 7.13. The molecule has 4 aromatic rings. The highest BCUT2D eigenvalue weighted by molar-refractivity contribution is 5.80. The number of rotatable bonds is 9. The molecule has 0 unspecified atom stereocenters. The van der Waals surface area contributed by atoms with Gasteiger partial charge in [-0.3, -0.25) is 10.1 Å². The number of non-ortho nitro benzene ring substituents is 1. The van der Waals surface area contributed by atoms with Crippen molar-refractivity contribution in [2.24, 2.45) is 11.0 Å². The lowest BCUT2D eigenvalue weighted by Crippen LogP contribution is -2.35. The monoisotopic (exact) mass is 522 g/mol. The summed E-state index contributed by atoms with van der Waals surface area (Å²) in [7, 11) is 0. The molecule has 0 radical (unpaired) electrons. The van der Waals surface area contributed by atoms with Crippen LogP contribution in [-0.4, -0.2) is 39.2 Å². The highest BCUT2D eigenvalue weighted by atomic mass is 16.6. The first kappa shape index (κ1) is 25.8. The maximum atomic E-state index is 10.9. The first-order valence-electron chi connectivity index (χ1n) is 12.9. The third-order valence-electron chi connectivity index (χ3n) is 6.68. The molecule has 5 rings (SSSR count). The lowest BCUT2D eigenvalue weighted by Gasteiger charge is -2.32. The maximum absolute atomic E-state index is 10.9. The molecular weight excluding hydrogens is 492 g/mol. The van der Waals surface area contributed by atoms with E-state index in [1.807, 2.05) is 31.2 Å². The Morgan fingerprint density at radius 3 is 2.33 bits per heavy atom. The summed E-state index contributed by atoms with van der Waals surface area (Å²) in [6.07, 6.45) is 4.76. The van der Waals surface area contributed by atoms with Crippen LogP contribution in [0.25, 0.3) is 0 Å². The van der Waals surface area contributed by atoms with Gasteiger partial charge in [0, 0.05) is 30.9 Å².